The predicted octanol–water partition coefficient (Wildman–Crippen LogP) is 5.57. The minimum absolute atomic E-state index is 0.0830. The quantitative estimate of drug-likeness (QED) is 0.251. The summed E-state index contributed by atoms with van der Waals surface area (Å²) >= 11 is 8.12. The number of piperidine rings is 1. The molecule has 8 nitrogen and oxygen atoms in total. The Morgan fingerprint density at radius 1 is 0.837 bits per heavy atom. The summed E-state index contributed by atoms with van der Waals surface area (Å²) in [6.07, 6.45) is 5.16. The lowest BCUT2D eigenvalue weighted by molar-refractivity contribution is 0.0613. The number of carbonyl (C=O) groups excluding carboxylic acids is 1. The monoisotopic (exact) mass is 637 g/mol. The zero-order chi connectivity index (χ0) is 30.0. The minimum atomic E-state index is -3.33. The number of amides is 1. The number of halogens is 1. The molecule has 2 aromatic heterocycles. The van der Waals surface area contributed by atoms with E-state index in [2.05, 4.69) is 9.80 Å². The molecule has 0 aliphatic carbocycles. The lowest BCUT2D eigenvalue weighted by Crippen LogP contribution is -2.50. The number of hydrogen-bond donors (Lipinski definition) is 0. The number of para-hydroxylation sites is 1. The van der Waals surface area contributed by atoms with Crippen LogP contribution in [-0.4, -0.2) is 97.4 Å². The highest BCUT2D eigenvalue weighted by molar-refractivity contribution is 7.90. The Kier molecular flexibility index (Phi) is 9.02. The normalized spacial score (nSPS) is 16.9. The molecule has 0 unspecified atom stereocenters. The van der Waals surface area contributed by atoms with E-state index in [4.69, 9.17) is 16.7 Å². The number of thiophene rings is 1. The fraction of sp³-hybridized carbons (Fsp3) is 0.375. The predicted molar refractivity (Wildman–Crippen MR) is 173 cm³/mol. The number of piperazine rings is 1. The number of carbonyl (C=O) groups is 1. The Morgan fingerprint density at radius 2 is 1.53 bits per heavy atom. The molecule has 226 valence electrons. The highest BCUT2D eigenvalue weighted by Gasteiger charge is 2.27. The van der Waals surface area contributed by atoms with E-state index < -0.39 is 9.84 Å². The molecule has 1 amide bonds. The van der Waals surface area contributed by atoms with Crippen LogP contribution >= 0.6 is 22.9 Å². The smallest absolute Gasteiger partial charge is 0.274 e. The molecule has 0 atom stereocenters. The molecule has 6 rings (SSSR count). The Labute approximate surface area is 262 Å². The van der Waals surface area contributed by atoms with Crippen LogP contribution in [0.25, 0.3) is 26.7 Å². The fourth-order valence-electron chi connectivity index (χ4n) is 5.78. The van der Waals surface area contributed by atoms with Gasteiger partial charge >= 0.3 is 0 Å². The van der Waals surface area contributed by atoms with E-state index in [1.165, 1.54) is 49.9 Å². The molecule has 2 aromatic carbocycles. The van der Waals surface area contributed by atoms with E-state index in [1.807, 2.05) is 53.4 Å². The zero-order valence-electron chi connectivity index (χ0n) is 24.3. The molecule has 0 saturated carbocycles. The maximum Gasteiger partial charge on any atom is 0.274 e. The van der Waals surface area contributed by atoms with Crippen LogP contribution < -0.4 is 0 Å². The second-order valence-electron chi connectivity index (χ2n) is 11.3. The molecule has 2 aliphatic rings. The van der Waals surface area contributed by atoms with Gasteiger partial charge in [-0.15, -0.1) is 11.3 Å². The average Bonchev–Trinajstić information content (AvgIpc) is 3.69. The molecule has 0 N–H and O–H groups in total. The number of aromatic nitrogens is 2. The van der Waals surface area contributed by atoms with Gasteiger partial charge in [0.05, 0.1) is 26.2 Å². The van der Waals surface area contributed by atoms with Crippen LogP contribution in [0.3, 0.4) is 0 Å². The van der Waals surface area contributed by atoms with E-state index in [9.17, 15) is 13.2 Å². The summed E-state index contributed by atoms with van der Waals surface area (Å²) < 4.78 is 26.0. The van der Waals surface area contributed by atoms with Crippen LogP contribution in [-0.2, 0) is 9.84 Å². The maximum atomic E-state index is 13.7. The molecule has 2 fully saturated rings. The van der Waals surface area contributed by atoms with Gasteiger partial charge < -0.3 is 9.80 Å². The van der Waals surface area contributed by atoms with Gasteiger partial charge in [-0.2, -0.15) is 5.10 Å². The van der Waals surface area contributed by atoms with Crippen molar-refractivity contribution in [3.63, 3.8) is 0 Å². The number of nitrogens with zero attached hydrogens (tertiary/aromatic N) is 5. The number of hydrogen-bond acceptors (Lipinski definition) is 7. The highest BCUT2D eigenvalue weighted by atomic mass is 35.5. The highest BCUT2D eigenvalue weighted by Crippen LogP contribution is 2.37. The van der Waals surface area contributed by atoms with Gasteiger partial charge in [0.1, 0.15) is 0 Å². The Hall–Kier alpha value is -3.02. The van der Waals surface area contributed by atoms with Crippen molar-refractivity contribution in [1.29, 1.82) is 0 Å². The van der Waals surface area contributed by atoms with Gasteiger partial charge in [-0.25, -0.2) is 13.1 Å². The topological polar surface area (TPSA) is 78.8 Å². The molecule has 4 heterocycles. The van der Waals surface area contributed by atoms with Crippen LogP contribution in [0.5, 0.6) is 0 Å². The molecule has 43 heavy (non-hydrogen) atoms. The Balaban J connectivity index is 1.23. The third-order valence-electron chi connectivity index (χ3n) is 8.25. The van der Waals surface area contributed by atoms with Crippen LogP contribution in [0.15, 0.2) is 71.6 Å². The van der Waals surface area contributed by atoms with Crippen molar-refractivity contribution >= 4 is 38.7 Å². The van der Waals surface area contributed by atoms with Gasteiger partial charge in [-0.3, -0.25) is 9.69 Å². The van der Waals surface area contributed by atoms with E-state index in [0.29, 0.717) is 29.5 Å². The van der Waals surface area contributed by atoms with Crippen LogP contribution in [0, 0.1) is 0 Å². The summed E-state index contributed by atoms with van der Waals surface area (Å²) in [6.45, 7) is 7.61. The fourth-order valence-corrected chi connectivity index (χ4v) is 7.67. The van der Waals surface area contributed by atoms with Crippen molar-refractivity contribution in [3.8, 4) is 26.7 Å². The van der Waals surface area contributed by atoms with E-state index in [1.54, 1.807) is 22.9 Å². The first kappa shape index (κ1) is 30.0. The van der Waals surface area contributed by atoms with Gasteiger partial charge in [0.25, 0.3) is 5.91 Å². The van der Waals surface area contributed by atoms with Gasteiger partial charge in [-0.05, 0) is 74.0 Å². The lowest BCUT2D eigenvalue weighted by Gasteiger charge is -2.36. The third-order valence-corrected chi connectivity index (χ3v) is 10.8. The van der Waals surface area contributed by atoms with Crippen molar-refractivity contribution in [2.75, 3.05) is 58.6 Å². The molecular weight excluding hydrogens is 602 g/mol. The summed E-state index contributed by atoms with van der Waals surface area (Å²) in [7, 11) is -3.33. The molecule has 2 saturated heterocycles. The van der Waals surface area contributed by atoms with Crippen molar-refractivity contribution in [2.24, 2.45) is 0 Å². The van der Waals surface area contributed by atoms with Crippen molar-refractivity contribution < 1.29 is 13.2 Å². The SMILES string of the molecule is CS(=O)(=O)c1cccc(-c2ccc(-c3cc(C(=O)N4CCN(CCN5CCCCC5)CC4)nn3-c3ccccc3Cl)s2)c1. The molecule has 11 heteroatoms. The summed E-state index contributed by atoms with van der Waals surface area (Å²) in [4.78, 5) is 22.7. The van der Waals surface area contributed by atoms with Crippen LogP contribution in [0.2, 0.25) is 5.02 Å². The lowest BCUT2D eigenvalue weighted by atomic mass is 10.1. The summed E-state index contributed by atoms with van der Waals surface area (Å²) in [5.74, 6) is -0.0830. The zero-order valence-corrected chi connectivity index (χ0v) is 26.7. The van der Waals surface area contributed by atoms with Gasteiger partial charge in [0, 0.05) is 50.4 Å². The number of likely N-dealkylation sites (tertiary alicyclic amines) is 1. The van der Waals surface area contributed by atoms with E-state index >= 15 is 0 Å². The third kappa shape index (κ3) is 6.89. The Morgan fingerprint density at radius 3 is 2.26 bits per heavy atom. The maximum absolute atomic E-state index is 13.7. The van der Waals surface area contributed by atoms with E-state index in [0.717, 1.165) is 47.2 Å². The molecule has 4 aromatic rings. The largest absolute Gasteiger partial charge is 0.335 e. The first-order chi connectivity index (χ1) is 20.8. The van der Waals surface area contributed by atoms with Crippen LogP contribution in [0.4, 0.5) is 0 Å². The number of sulfone groups is 1. The molecule has 2 aliphatic heterocycles. The molecular formula is C32H36ClN5O3S2. The second-order valence-corrected chi connectivity index (χ2v) is 14.8. The first-order valence-electron chi connectivity index (χ1n) is 14.8. The van der Waals surface area contributed by atoms with Crippen molar-refractivity contribution in [3.05, 3.63) is 77.4 Å². The van der Waals surface area contributed by atoms with Gasteiger partial charge in [0.2, 0.25) is 0 Å². The molecule has 0 bridgehead atoms. The number of rotatable bonds is 8. The van der Waals surface area contributed by atoms with Gasteiger partial charge in [-0.1, -0.05) is 42.3 Å². The second kappa shape index (κ2) is 12.9. The van der Waals surface area contributed by atoms with Crippen LogP contribution in [0.1, 0.15) is 29.8 Å². The van der Waals surface area contributed by atoms with Gasteiger partial charge in [0.15, 0.2) is 15.5 Å². The standard InChI is InChI=1S/C32H36ClN5O3S2/c1-43(40,41)25-9-7-8-24(22-25)30-12-13-31(42-30)29-23-27(34-38(29)28-11-4-3-10-26(28)33)32(39)37-20-18-36(19-21-37)17-16-35-14-5-2-6-15-35/h3-4,7-13,22-23H,2,5-6,14-21H2,1H3. The van der Waals surface area contributed by atoms with Crippen molar-refractivity contribution in [1.82, 2.24) is 24.5 Å². The Bertz CT molecular complexity index is 1700. The average molecular weight is 638 g/mol. The summed E-state index contributed by atoms with van der Waals surface area (Å²) in [5, 5.41) is 5.32. The molecule has 0 spiro atoms. The van der Waals surface area contributed by atoms with Crippen molar-refractivity contribution in [2.45, 2.75) is 24.2 Å². The molecule has 0 radical (unpaired) electrons. The first-order valence-corrected chi connectivity index (χ1v) is 17.8. The summed E-state index contributed by atoms with van der Waals surface area (Å²) in [5.41, 5.74) is 2.64. The number of benzene rings is 2. The minimum Gasteiger partial charge on any atom is -0.335 e. The summed E-state index contributed by atoms with van der Waals surface area (Å²) in [6, 6.07) is 20.2. The van der Waals surface area contributed by atoms with E-state index in [-0.39, 0.29) is 10.8 Å².